The fourth-order valence-corrected chi connectivity index (χ4v) is 2.04. The fraction of sp³-hybridized carbons (Fsp3) is 0.375. The summed E-state index contributed by atoms with van der Waals surface area (Å²) in [6.07, 6.45) is 4.37. The number of nitrogens with zero attached hydrogens (tertiary/aromatic N) is 1. The third kappa shape index (κ3) is 3.74. The van der Waals surface area contributed by atoms with Crippen molar-refractivity contribution in [3.63, 3.8) is 0 Å². The molecule has 1 heterocycles. The molecular formula is C16H22N2. The maximum absolute atomic E-state index is 3.43. The number of aryl methyl sites for hydroxylation is 1. The van der Waals surface area contributed by atoms with E-state index in [4.69, 9.17) is 0 Å². The molecule has 96 valence electrons. The summed E-state index contributed by atoms with van der Waals surface area (Å²) in [7, 11) is 0. The van der Waals surface area contributed by atoms with E-state index < -0.39 is 0 Å². The molecule has 0 saturated carbocycles. The molecule has 2 aromatic rings. The normalized spacial score (nSPS) is 11.1. The molecule has 0 spiro atoms. The average molecular weight is 242 g/mol. The minimum Gasteiger partial charge on any atom is -0.350 e. The van der Waals surface area contributed by atoms with E-state index in [0.29, 0.717) is 6.04 Å². The smallest absolute Gasteiger partial charge is 0.0470 e. The second-order valence-corrected chi connectivity index (χ2v) is 5.22. The van der Waals surface area contributed by atoms with Gasteiger partial charge in [0.25, 0.3) is 0 Å². The topological polar surface area (TPSA) is 17.0 Å². The van der Waals surface area contributed by atoms with Crippen molar-refractivity contribution < 1.29 is 0 Å². The van der Waals surface area contributed by atoms with Gasteiger partial charge in [0.1, 0.15) is 0 Å². The van der Waals surface area contributed by atoms with Crippen molar-refractivity contribution in [2.24, 2.45) is 0 Å². The Balaban J connectivity index is 1.98. The molecule has 0 amide bonds. The van der Waals surface area contributed by atoms with Crippen LogP contribution in [0.3, 0.4) is 0 Å². The Morgan fingerprint density at radius 2 is 2.00 bits per heavy atom. The average Bonchev–Trinajstić information content (AvgIpc) is 2.74. The highest BCUT2D eigenvalue weighted by molar-refractivity contribution is 5.23. The maximum Gasteiger partial charge on any atom is 0.0470 e. The summed E-state index contributed by atoms with van der Waals surface area (Å²) in [5, 5.41) is 3.43. The summed E-state index contributed by atoms with van der Waals surface area (Å²) in [6, 6.07) is 11.4. The number of rotatable bonds is 5. The summed E-state index contributed by atoms with van der Waals surface area (Å²) in [5.74, 6) is 0. The molecule has 1 N–H and O–H groups in total. The van der Waals surface area contributed by atoms with Crippen LogP contribution in [-0.4, -0.2) is 10.6 Å². The predicted octanol–water partition coefficient (Wildman–Crippen LogP) is 3.34. The zero-order chi connectivity index (χ0) is 13.0. The first-order valence-electron chi connectivity index (χ1n) is 6.57. The van der Waals surface area contributed by atoms with Crippen LogP contribution < -0.4 is 5.32 Å². The highest BCUT2D eigenvalue weighted by Crippen LogP contribution is 2.08. The van der Waals surface area contributed by atoms with Crippen molar-refractivity contribution in [3.05, 3.63) is 59.4 Å². The number of hydrogen-bond acceptors (Lipinski definition) is 1. The molecule has 0 fully saturated rings. The van der Waals surface area contributed by atoms with Crippen LogP contribution in [0.2, 0.25) is 0 Å². The number of nitrogens with one attached hydrogen (secondary N) is 1. The lowest BCUT2D eigenvalue weighted by Gasteiger charge is -2.06. The van der Waals surface area contributed by atoms with E-state index in [1.165, 1.54) is 16.7 Å². The lowest BCUT2D eigenvalue weighted by atomic mass is 10.1. The van der Waals surface area contributed by atoms with E-state index in [1.807, 2.05) is 0 Å². The molecule has 2 nitrogen and oxygen atoms in total. The Kier molecular flexibility index (Phi) is 4.21. The highest BCUT2D eigenvalue weighted by Gasteiger charge is 1.99. The highest BCUT2D eigenvalue weighted by atomic mass is 14.9. The van der Waals surface area contributed by atoms with Gasteiger partial charge in [0, 0.05) is 31.5 Å². The molecule has 0 radical (unpaired) electrons. The van der Waals surface area contributed by atoms with Crippen LogP contribution in [0.1, 0.15) is 30.5 Å². The zero-order valence-electron chi connectivity index (χ0n) is 11.5. The minimum atomic E-state index is 0.533. The molecule has 0 atom stereocenters. The van der Waals surface area contributed by atoms with Crippen LogP contribution in [0, 0.1) is 6.92 Å². The second kappa shape index (κ2) is 5.87. The van der Waals surface area contributed by atoms with E-state index in [0.717, 1.165) is 13.1 Å². The fourth-order valence-electron chi connectivity index (χ4n) is 2.04. The SMILES string of the molecule is Cc1cccc(Cn2ccc(CNC(C)C)c2)c1. The van der Waals surface area contributed by atoms with Gasteiger partial charge in [-0.3, -0.25) is 0 Å². The Bertz CT molecular complexity index is 497. The summed E-state index contributed by atoms with van der Waals surface area (Å²) in [4.78, 5) is 0. The molecule has 0 bridgehead atoms. The number of aromatic nitrogens is 1. The van der Waals surface area contributed by atoms with Crippen molar-refractivity contribution >= 4 is 0 Å². The first-order valence-corrected chi connectivity index (χ1v) is 6.57. The van der Waals surface area contributed by atoms with Crippen LogP contribution in [-0.2, 0) is 13.1 Å². The lowest BCUT2D eigenvalue weighted by Crippen LogP contribution is -2.21. The van der Waals surface area contributed by atoms with Crippen LogP contribution in [0.4, 0.5) is 0 Å². The molecule has 18 heavy (non-hydrogen) atoms. The van der Waals surface area contributed by atoms with Gasteiger partial charge in [0.05, 0.1) is 0 Å². The van der Waals surface area contributed by atoms with E-state index in [2.05, 4.69) is 73.4 Å². The molecule has 0 aliphatic carbocycles. The number of hydrogen-bond donors (Lipinski definition) is 1. The summed E-state index contributed by atoms with van der Waals surface area (Å²) >= 11 is 0. The molecule has 2 rings (SSSR count). The summed E-state index contributed by atoms with van der Waals surface area (Å²) < 4.78 is 2.24. The number of benzene rings is 1. The monoisotopic (exact) mass is 242 g/mol. The Morgan fingerprint density at radius 1 is 1.17 bits per heavy atom. The molecule has 0 aliphatic heterocycles. The van der Waals surface area contributed by atoms with Gasteiger partial charge in [-0.1, -0.05) is 43.7 Å². The van der Waals surface area contributed by atoms with E-state index >= 15 is 0 Å². The van der Waals surface area contributed by atoms with Crippen LogP contribution in [0.15, 0.2) is 42.7 Å². The molecule has 1 aromatic heterocycles. The molecule has 2 heteroatoms. The zero-order valence-corrected chi connectivity index (χ0v) is 11.5. The Hall–Kier alpha value is -1.54. The minimum absolute atomic E-state index is 0.533. The summed E-state index contributed by atoms with van der Waals surface area (Å²) in [6.45, 7) is 8.37. The maximum atomic E-state index is 3.43. The van der Waals surface area contributed by atoms with Crippen molar-refractivity contribution in [3.8, 4) is 0 Å². The van der Waals surface area contributed by atoms with Crippen LogP contribution >= 0.6 is 0 Å². The van der Waals surface area contributed by atoms with Gasteiger partial charge >= 0.3 is 0 Å². The van der Waals surface area contributed by atoms with Gasteiger partial charge in [-0.15, -0.1) is 0 Å². The predicted molar refractivity (Wildman–Crippen MR) is 76.7 cm³/mol. The third-order valence-electron chi connectivity index (χ3n) is 2.97. The van der Waals surface area contributed by atoms with E-state index in [-0.39, 0.29) is 0 Å². The van der Waals surface area contributed by atoms with E-state index in [9.17, 15) is 0 Å². The van der Waals surface area contributed by atoms with Gasteiger partial charge in [-0.05, 0) is 24.1 Å². The van der Waals surface area contributed by atoms with E-state index in [1.54, 1.807) is 0 Å². The van der Waals surface area contributed by atoms with Crippen molar-refractivity contribution in [2.75, 3.05) is 0 Å². The van der Waals surface area contributed by atoms with Gasteiger partial charge in [-0.2, -0.15) is 0 Å². The van der Waals surface area contributed by atoms with Crippen molar-refractivity contribution in [2.45, 2.75) is 39.9 Å². The first-order chi connectivity index (χ1) is 8.63. The van der Waals surface area contributed by atoms with Gasteiger partial charge in [-0.25, -0.2) is 0 Å². The van der Waals surface area contributed by atoms with Gasteiger partial charge < -0.3 is 9.88 Å². The first kappa shape index (κ1) is 12.9. The Morgan fingerprint density at radius 3 is 2.72 bits per heavy atom. The largest absolute Gasteiger partial charge is 0.350 e. The molecule has 0 unspecified atom stereocenters. The van der Waals surface area contributed by atoms with Gasteiger partial charge in [0.15, 0.2) is 0 Å². The van der Waals surface area contributed by atoms with Crippen LogP contribution in [0.25, 0.3) is 0 Å². The third-order valence-corrected chi connectivity index (χ3v) is 2.97. The quantitative estimate of drug-likeness (QED) is 0.851. The molecule has 0 aliphatic rings. The lowest BCUT2D eigenvalue weighted by molar-refractivity contribution is 0.588. The molecule has 1 aromatic carbocycles. The summed E-state index contributed by atoms with van der Waals surface area (Å²) in [5.41, 5.74) is 4.02. The van der Waals surface area contributed by atoms with Crippen molar-refractivity contribution in [1.29, 1.82) is 0 Å². The van der Waals surface area contributed by atoms with Crippen molar-refractivity contribution in [1.82, 2.24) is 9.88 Å². The molecule has 0 saturated heterocycles. The Labute approximate surface area is 110 Å². The standard InChI is InChI=1S/C16H22N2/c1-13(2)17-10-16-7-8-18(12-16)11-15-6-4-5-14(3)9-15/h4-9,12-13,17H,10-11H2,1-3H3. The molecular weight excluding hydrogens is 220 g/mol. The second-order valence-electron chi connectivity index (χ2n) is 5.22. The van der Waals surface area contributed by atoms with Crippen LogP contribution in [0.5, 0.6) is 0 Å². The van der Waals surface area contributed by atoms with Gasteiger partial charge in [0.2, 0.25) is 0 Å².